The molecule has 0 atom stereocenters. The van der Waals surface area contributed by atoms with Gasteiger partial charge in [-0.25, -0.2) is 13.1 Å². The van der Waals surface area contributed by atoms with Crippen LogP contribution in [0.3, 0.4) is 0 Å². The fourth-order valence-electron chi connectivity index (χ4n) is 1.33. The maximum absolute atomic E-state index is 12.0. The SMILES string of the molecule is C=CCSCCNS(=O)(=O)c1cccc(Cl)c1C#N. The standard InChI is InChI=1S/C12H13ClN2O2S2/c1-2-7-18-8-6-15-19(16,17)12-5-3-4-11(13)10(12)9-14/h2-5,15H,1,6-8H2. The Morgan fingerprint density at radius 3 is 2.89 bits per heavy atom. The summed E-state index contributed by atoms with van der Waals surface area (Å²) >= 11 is 7.37. The number of halogens is 1. The van der Waals surface area contributed by atoms with Crippen molar-refractivity contribution in [3.8, 4) is 6.07 Å². The Kier molecular flexibility index (Phi) is 6.38. The highest BCUT2D eigenvalue weighted by molar-refractivity contribution is 7.99. The minimum absolute atomic E-state index is 0.0320. The van der Waals surface area contributed by atoms with E-state index in [1.54, 1.807) is 17.8 Å². The Morgan fingerprint density at radius 1 is 1.53 bits per heavy atom. The number of benzene rings is 1. The number of hydrogen-bond acceptors (Lipinski definition) is 4. The van der Waals surface area contributed by atoms with Crippen molar-refractivity contribution in [2.45, 2.75) is 4.90 Å². The Balaban J connectivity index is 2.81. The van der Waals surface area contributed by atoms with E-state index in [9.17, 15) is 8.42 Å². The Labute approximate surface area is 122 Å². The second kappa shape index (κ2) is 7.56. The molecule has 1 aromatic rings. The molecule has 1 aromatic carbocycles. The van der Waals surface area contributed by atoms with Gasteiger partial charge in [-0.3, -0.25) is 0 Å². The van der Waals surface area contributed by atoms with Crippen molar-refractivity contribution in [3.05, 3.63) is 41.4 Å². The first-order valence-electron chi connectivity index (χ1n) is 5.40. The zero-order chi connectivity index (χ0) is 14.3. The van der Waals surface area contributed by atoms with E-state index in [4.69, 9.17) is 16.9 Å². The topological polar surface area (TPSA) is 70.0 Å². The van der Waals surface area contributed by atoms with Crippen LogP contribution in [0.25, 0.3) is 0 Å². The van der Waals surface area contributed by atoms with E-state index in [1.165, 1.54) is 18.2 Å². The minimum atomic E-state index is -3.71. The van der Waals surface area contributed by atoms with Gasteiger partial charge < -0.3 is 0 Å². The van der Waals surface area contributed by atoms with E-state index < -0.39 is 10.0 Å². The highest BCUT2D eigenvalue weighted by Gasteiger charge is 2.19. The van der Waals surface area contributed by atoms with Crippen molar-refractivity contribution in [1.29, 1.82) is 5.26 Å². The van der Waals surface area contributed by atoms with Crippen LogP contribution in [-0.4, -0.2) is 26.5 Å². The number of rotatable bonds is 7. The molecule has 0 heterocycles. The molecule has 0 amide bonds. The molecule has 0 saturated carbocycles. The smallest absolute Gasteiger partial charge is 0.210 e. The number of thioether (sulfide) groups is 1. The van der Waals surface area contributed by atoms with Crippen LogP contribution >= 0.6 is 23.4 Å². The molecular formula is C12H13ClN2O2S2. The van der Waals surface area contributed by atoms with Gasteiger partial charge >= 0.3 is 0 Å². The zero-order valence-electron chi connectivity index (χ0n) is 10.1. The van der Waals surface area contributed by atoms with Crippen LogP contribution in [0.2, 0.25) is 5.02 Å². The van der Waals surface area contributed by atoms with Gasteiger partial charge in [-0.1, -0.05) is 23.7 Å². The predicted molar refractivity (Wildman–Crippen MR) is 78.9 cm³/mol. The lowest BCUT2D eigenvalue weighted by molar-refractivity contribution is 0.584. The van der Waals surface area contributed by atoms with Gasteiger partial charge in [0.05, 0.1) is 10.6 Å². The molecule has 1 N–H and O–H groups in total. The summed E-state index contributed by atoms with van der Waals surface area (Å²) < 4.78 is 26.5. The number of nitriles is 1. The summed E-state index contributed by atoms with van der Waals surface area (Å²) in [5.74, 6) is 1.40. The van der Waals surface area contributed by atoms with Crippen LogP contribution < -0.4 is 4.72 Å². The van der Waals surface area contributed by atoms with Gasteiger partial charge in [-0.2, -0.15) is 17.0 Å². The number of nitrogens with zero attached hydrogens (tertiary/aromatic N) is 1. The van der Waals surface area contributed by atoms with Gasteiger partial charge in [0.15, 0.2) is 0 Å². The Bertz CT molecular complexity index is 594. The van der Waals surface area contributed by atoms with Crippen LogP contribution in [0, 0.1) is 11.3 Å². The minimum Gasteiger partial charge on any atom is -0.210 e. The zero-order valence-corrected chi connectivity index (χ0v) is 12.5. The van der Waals surface area contributed by atoms with E-state index in [0.717, 1.165) is 5.75 Å². The summed E-state index contributed by atoms with van der Waals surface area (Å²) in [6, 6.07) is 6.17. The second-order valence-electron chi connectivity index (χ2n) is 3.49. The largest absolute Gasteiger partial charge is 0.241 e. The molecule has 1 rings (SSSR count). The highest BCUT2D eigenvalue weighted by Crippen LogP contribution is 2.22. The molecule has 0 unspecified atom stereocenters. The van der Waals surface area contributed by atoms with E-state index in [2.05, 4.69) is 11.3 Å². The van der Waals surface area contributed by atoms with Crippen LogP contribution in [-0.2, 0) is 10.0 Å². The van der Waals surface area contributed by atoms with Gasteiger partial charge in [-0.05, 0) is 12.1 Å². The third-order valence-corrected chi connectivity index (χ3v) is 4.93. The lowest BCUT2D eigenvalue weighted by atomic mass is 10.2. The molecule has 0 saturated heterocycles. The summed E-state index contributed by atoms with van der Waals surface area (Å²) in [4.78, 5) is -0.0868. The van der Waals surface area contributed by atoms with Gasteiger partial charge in [0.2, 0.25) is 10.0 Å². The molecule has 4 nitrogen and oxygen atoms in total. The van der Waals surface area contributed by atoms with Crippen molar-refractivity contribution in [2.24, 2.45) is 0 Å². The van der Waals surface area contributed by atoms with Crippen molar-refractivity contribution < 1.29 is 8.42 Å². The van der Waals surface area contributed by atoms with Crippen LogP contribution in [0.5, 0.6) is 0 Å². The quantitative estimate of drug-likeness (QED) is 0.619. The summed E-state index contributed by atoms with van der Waals surface area (Å²) in [7, 11) is -3.71. The van der Waals surface area contributed by atoms with E-state index >= 15 is 0 Å². The van der Waals surface area contributed by atoms with Gasteiger partial charge in [0, 0.05) is 18.1 Å². The van der Waals surface area contributed by atoms with Gasteiger partial charge in [-0.15, -0.1) is 6.58 Å². The Hall–Kier alpha value is -1.00. The maximum atomic E-state index is 12.0. The Morgan fingerprint density at radius 2 is 2.26 bits per heavy atom. The molecule has 0 bridgehead atoms. The van der Waals surface area contributed by atoms with E-state index in [-0.39, 0.29) is 22.0 Å². The van der Waals surface area contributed by atoms with Crippen LogP contribution in [0.15, 0.2) is 35.7 Å². The van der Waals surface area contributed by atoms with Crippen LogP contribution in [0.4, 0.5) is 0 Å². The van der Waals surface area contributed by atoms with Crippen molar-refractivity contribution in [3.63, 3.8) is 0 Å². The van der Waals surface area contributed by atoms with Crippen molar-refractivity contribution >= 4 is 33.4 Å². The number of sulfonamides is 1. The normalized spacial score (nSPS) is 10.9. The molecule has 0 aromatic heterocycles. The summed E-state index contributed by atoms with van der Waals surface area (Å²) in [5, 5.41) is 9.09. The lowest BCUT2D eigenvalue weighted by Crippen LogP contribution is -2.26. The fourth-order valence-corrected chi connectivity index (χ4v) is 3.52. The molecule has 0 fully saturated rings. The average molecular weight is 317 g/mol. The van der Waals surface area contributed by atoms with Gasteiger partial charge in [0.25, 0.3) is 0 Å². The van der Waals surface area contributed by atoms with Crippen molar-refractivity contribution in [2.75, 3.05) is 18.1 Å². The molecule has 0 aliphatic rings. The lowest BCUT2D eigenvalue weighted by Gasteiger charge is -2.08. The van der Waals surface area contributed by atoms with Crippen molar-refractivity contribution in [1.82, 2.24) is 4.72 Å². The molecule has 0 aliphatic heterocycles. The van der Waals surface area contributed by atoms with E-state index in [1.807, 2.05) is 6.07 Å². The first kappa shape index (κ1) is 16.1. The molecule has 0 aliphatic carbocycles. The maximum Gasteiger partial charge on any atom is 0.241 e. The predicted octanol–water partition coefficient (Wildman–Crippen LogP) is 2.41. The molecule has 0 spiro atoms. The highest BCUT2D eigenvalue weighted by atomic mass is 35.5. The molecule has 19 heavy (non-hydrogen) atoms. The number of hydrogen-bond donors (Lipinski definition) is 1. The first-order valence-corrected chi connectivity index (χ1v) is 8.41. The third kappa shape index (κ3) is 4.55. The molecular weight excluding hydrogens is 304 g/mol. The van der Waals surface area contributed by atoms with Crippen LogP contribution in [0.1, 0.15) is 5.56 Å². The fraction of sp³-hybridized carbons (Fsp3) is 0.250. The molecule has 102 valence electrons. The molecule has 7 heteroatoms. The first-order chi connectivity index (χ1) is 9.03. The summed E-state index contributed by atoms with van der Waals surface area (Å²) in [6.45, 7) is 3.87. The van der Waals surface area contributed by atoms with Gasteiger partial charge in [0.1, 0.15) is 11.0 Å². The summed E-state index contributed by atoms with van der Waals surface area (Å²) in [6.07, 6.45) is 1.75. The second-order valence-corrected chi connectivity index (χ2v) is 6.78. The van der Waals surface area contributed by atoms with E-state index in [0.29, 0.717) is 5.75 Å². The monoisotopic (exact) mass is 316 g/mol. The average Bonchev–Trinajstić information content (AvgIpc) is 2.38. The third-order valence-electron chi connectivity index (χ3n) is 2.15. The molecule has 0 radical (unpaired) electrons. The number of nitrogens with one attached hydrogen (secondary N) is 1. The summed E-state index contributed by atoms with van der Waals surface area (Å²) in [5.41, 5.74) is -0.0320.